The molecule has 102 valence electrons. The van der Waals surface area contributed by atoms with Crippen LogP contribution in [0.1, 0.15) is 11.1 Å². The standard InChI is InChI=1S/C16H13ClFNO/c1-10-6-12(18)3-5-15(10)19-8-14(17)13-4-2-11(9-20)7-16(13)19/h2-8,20H,9H2,1H3. The molecular weight excluding hydrogens is 277 g/mol. The zero-order valence-corrected chi connectivity index (χ0v) is 11.7. The summed E-state index contributed by atoms with van der Waals surface area (Å²) in [4.78, 5) is 0. The molecule has 0 fully saturated rings. The van der Waals surface area contributed by atoms with Crippen LogP contribution in [0.5, 0.6) is 0 Å². The summed E-state index contributed by atoms with van der Waals surface area (Å²) in [7, 11) is 0. The molecule has 1 N–H and O–H groups in total. The van der Waals surface area contributed by atoms with Crippen LogP contribution in [0.15, 0.2) is 42.6 Å². The van der Waals surface area contributed by atoms with E-state index in [1.807, 2.05) is 35.9 Å². The van der Waals surface area contributed by atoms with Gasteiger partial charge in [-0.15, -0.1) is 0 Å². The van der Waals surface area contributed by atoms with Gasteiger partial charge in [-0.05, 0) is 42.3 Å². The van der Waals surface area contributed by atoms with Crippen molar-refractivity contribution in [1.29, 1.82) is 0 Å². The highest BCUT2D eigenvalue weighted by atomic mass is 35.5. The van der Waals surface area contributed by atoms with E-state index in [4.69, 9.17) is 11.6 Å². The Morgan fingerprint density at radius 1 is 1.20 bits per heavy atom. The molecule has 0 aliphatic carbocycles. The van der Waals surface area contributed by atoms with Crippen molar-refractivity contribution < 1.29 is 9.50 Å². The second-order valence-electron chi connectivity index (χ2n) is 4.79. The van der Waals surface area contributed by atoms with Crippen molar-refractivity contribution in [1.82, 2.24) is 4.57 Å². The molecule has 0 aliphatic rings. The summed E-state index contributed by atoms with van der Waals surface area (Å²) >= 11 is 6.25. The van der Waals surface area contributed by atoms with Gasteiger partial charge in [0, 0.05) is 17.3 Å². The lowest BCUT2D eigenvalue weighted by Gasteiger charge is -2.09. The molecule has 0 unspecified atom stereocenters. The maximum atomic E-state index is 13.2. The number of fused-ring (bicyclic) bond motifs is 1. The van der Waals surface area contributed by atoms with Crippen LogP contribution in [0.25, 0.3) is 16.6 Å². The van der Waals surface area contributed by atoms with Crippen LogP contribution in [-0.2, 0) is 6.61 Å². The quantitative estimate of drug-likeness (QED) is 0.750. The molecule has 2 aromatic carbocycles. The van der Waals surface area contributed by atoms with Crippen LogP contribution >= 0.6 is 11.6 Å². The number of hydrogen-bond donors (Lipinski definition) is 1. The van der Waals surface area contributed by atoms with E-state index in [1.54, 1.807) is 6.07 Å². The molecule has 2 nitrogen and oxygen atoms in total. The first kappa shape index (κ1) is 13.2. The zero-order valence-electron chi connectivity index (χ0n) is 10.9. The smallest absolute Gasteiger partial charge is 0.123 e. The number of rotatable bonds is 2. The highest BCUT2D eigenvalue weighted by molar-refractivity contribution is 6.35. The van der Waals surface area contributed by atoms with E-state index in [0.717, 1.165) is 27.7 Å². The van der Waals surface area contributed by atoms with E-state index in [-0.39, 0.29) is 12.4 Å². The number of aliphatic hydroxyl groups is 1. The minimum atomic E-state index is -0.259. The van der Waals surface area contributed by atoms with Crippen LogP contribution in [0.3, 0.4) is 0 Å². The van der Waals surface area contributed by atoms with Gasteiger partial charge in [0.2, 0.25) is 0 Å². The molecule has 1 aromatic heterocycles. The Hall–Kier alpha value is -1.84. The van der Waals surface area contributed by atoms with Gasteiger partial charge in [-0.3, -0.25) is 0 Å². The Labute approximate surface area is 121 Å². The number of nitrogens with zero attached hydrogens (tertiary/aromatic N) is 1. The maximum Gasteiger partial charge on any atom is 0.123 e. The molecule has 0 saturated heterocycles. The summed E-state index contributed by atoms with van der Waals surface area (Å²) in [5.74, 6) is -0.259. The number of benzene rings is 2. The average Bonchev–Trinajstić information content (AvgIpc) is 2.75. The maximum absolute atomic E-state index is 13.2. The fourth-order valence-electron chi connectivity index (χ4n) is 2.42. The lowest BCUT2D eigenvalue weighted by molar-refractivity contribution is 0.282. The van der Waals surface area contributed by atoms with E-state index in [9.17, 15) is 9.50 Å². The molecule has 4 heteroatoms. The summed E-state index contributed by atoms with van der Waals surface area (Å²) in [5, 5.41) is 10.8. The summed E-state index contributed by atoms with van der Waals surface area (Å²) in [6.07, 6.45) is 1.81. The number of aromatic nitrogens is 1. The van der Waals surface area contributed by atoms with Crippen molar-refractivity contribution in [2.24, 2.45) is 0 Å². The number of aliphatic hydroxyl groups excluding tert-OH is 1. The predicted octanol–water partition coefficient (Wildman–Crippen LogP) is 4.22. The van der Waals surface area contributed by atoms with Gasteiger partial charge in [0.1, 0.15) is 5.82 Å². The summed E-state index contributed by atoms with van der Waals surface area (Å²) in [5.41, 5.74) is 3.41. The molecule has 0 radical (unpaired) electrons. The van der Waals surface area contributed by atoms with E-state index in [2.05, 4.69) is 0 Å². The molecule has 1 heterocycles. The van der Waals surface area contributed by atoms with Gasteiger partial charge in [-0.25, -0.2) is 4.39 Å². The Kier molecular flexibility index (Phi) is 3.24. The fraction of sp³-hybridized carbons (Fsp3) is 0.125. The minimum absolute atomic E-state index is 0.0266. The molecule has 0 bridgehead atoms. The van der Waals surface area contributed by atoms with Gasteiger partial charge in [0.05, 0.1) is 17.1 Å². The molecule has 0 spiro atoms. The first-order valence-electron chi connectivity index (χ1n) is 6.27. The number of halogens is 2. The fourth-order valence-corrected chi connectivity index (χ4v) is 2.68. The number of hydrogen-bond acceptors (Lipinski definition) is 1. The van der Waals surface area contributed by atoms with Gasteiger partial charge < -0.3 is 9.67 Å². The second-order valence-corrected chi connectivity index (χ2v) is 5.19. The third-order valence-corrected chi connectivity index (χ3v) is 3.72. The normalized spacial score (nSPS) is 11.2. The molecule has 0 atom stereocenters. The van der Waals surface area contributed by atoms with E-state index >= 15 is 0 Å². The lowest BCUT2D eigenvalue weighted by Crippen LogP contribution is -1.96. The molecule has 0 aliphatic heterocycles. The first-order valence-corrected chi connectivity index (χ1v) is 6.65. The SMILES string of the molecule is Cc1cc(F)ccc1-n1cc(Cl)c2ccc(CO)cc21. The molecule has 3 rings (SSSR count). The van der Waals surface area contributed by atoms with Crippen LogP contribution < -0.4 is 0 Å². The van der Waals surface area contributed by atoms with Gasteiger partial charge in [-0.2, -0.15) is 0 Å². The molecular formula is C16H13ClFNO. The molecule has 20 heavy (non-hydrogen) atoms. The highest BCUT2D eigenvalue weighted by Crippen LogP contribution is 2.30. The predicted molar refractivity (Wildman–Crippen MR) is 78.9 cm³/mol. The Morgan fingerprint density at radius 2 is 2.00 bits per heavy atom. The summed E-state index contributed by atoms with van der Waals surface area (Å²) < 4.78 is 15.2. The van der Waals surface area contributed by atoms with E-state index in [1.165, 1.54) is 12.1 Å². The van der Waals surface area contributed by atoms with Crippen molar-refractivity contribution in [3.63, 3.8) is 0 Å². The van der Waals surface area contributed by atoms with Crippen molar-refractivity contribution in [3.05, 3.63) is 64.6 Å². The summed E-state index contributed by atoms with van der Waals surface area (Å²) in [6, 6.07) is 10.3. The zero-order chi connectivity index (χ0) is 14.3. The Bertz CT molecular complexity index is 795. The Balaban J connectivity index is 2.30. The summed E-state index contributed by atoms with van der Waals surface area (Å²) in [6.45, 7) is 1.83. The van der Waals surface area contributed by atoms with Crippen LogP contribution in [0.4, 0.5) is 4.39 Å². The van der Waals surface area contributed by atoms with Crippen molar-refractivity contribution in [2.45, 2.75) is 13.5 Å². The largest absolute Gasteiger partial charge is 0.392 e. The van der Waals surface area contributed by atoms with Crippen LogP contribution in [-0.4, -0.2) is 9.67 Å². The monoisotopic (exact) mass is 289 g/mol. The number of aryl methyl sites for hydroxylation is 1. The minimum Gasteiger partial charge on any atom is -0.392 e. The molecule has 3 aromatic rings. The van der Waals surface area contributed by atoms with Gasteiger partial charge in [0.15, 0.2) is 0 Å². The second kappa shape index (κ2) is 4.93. The topological polar surface area (TPSA) is 25.2 Å². The first-order chi connectivity index (χ1) is 9.60. The molecule has 0 saturated carbocycles. The van der Waals surface area contributed by atoms with Gasteiger partial charge in [-0.1, -0.05) is 23.7 Å². The third-order valence-electron chi connectivity index (χ3n) is 3.42. The Morgan fingerprint density at radius 3 is 2.70 bits per heavy atom. The van der Waals surface area contributed by atoms with Crippen LogP contribution in [0.2, 0.25) is 5.02 Å². The van der Waals surface area contributed by atoms with Gasteiger partial charge in [0.25, 0.3) is 0 Å². The third kappa shape index (κ3) is 2.09. The van der Waals surface area contributed by atoms with E-state index < -0.39 is 0 Å². The van der Waals surface area contributed by atoms with Gasteiger partial charge >= 0.3 is 0 Å². The molecule has 0 amide bonds. The van der Waals surface area contributed by atoms with Crippen molar-refractivity contribution in [2.75, 3.05) is 0 Å². The van der Waals surface area contributed by atoms with Crippen LogP contribution in [0, 0.1) is 12.7 Å². The lowest BCUT2D eigenvalue weighted by atomic mass is 10.1. The highest BCUT2D eigenvalue weighted by Gasteiger charge is 2.11. The average molecular weight is 290 g/mol. The van der Waals surface area contributed by atoms with E-state index in [0.29, 0.717) is 5.02 Å². The van der Waals surface area contributed by atoms with Crippen molar-refractivity contribution in [3.8, 4) is 5.69 Å². The van der Waals surface area contributed by atoms with Crippen molar-refractivity contribution >= 4 is 22.5 Å².